The molecule has 4 nitrogen and oxygen atoms in total. The van der Waals surface area contributed by atoms with Crippen LogP contribution in [0.4, 0.5) is 5.69 Å². The molecule has 0 aliphatic heterocycles. The molecule has 15 heavy (non-hydrogen) atoms. The largest absolute Gasteiger partial charge is 1.00 e. The molecule has 0 spiro atoms. The van der Waals surface area contributed by atoms with E-state index in [9.17, 15) is 14.7 Å². The van der Waals surface area contributed by atoms with Crippen molar-refractivity contribution in [3.63, 3.8) is 0 Å². The van der Waals surface area contributed by atoms with Gasteiger partial charge in [-0.2, -0.15) is 0 Å². The van der Waals surface area contributed by atoms with Crippen LogP contribution < -0.4 is 40.0 Å². The van der Waals surface area contributed by atoms with Crippen molar-refractivity contribution in [2.45, 2.75) is 13.3 Å². The molecule has 1 amide bonds. The van der Waals surface area contributed by atoms with Gasteiger partial charge in [-0.1, -0.05) is 12.1 Å². The predicted octanol–water partition coefficient (Wildman–Crippen LogP) is -3.06. The second kappa shape index (κ2) is 6.61. The molecule has 0 heterocycles. The molecule has 5 heteroatoms. The van der Waals surface area contributed by atoms with Crippen LogP contribution in [0.15, 0.2) is 24.2 Å². The second-order valence-corrected chi connectivity index (χ2v) is 2.34. The van der Waals surface area contributed by atoms with Crippen LogP contribution in [-0.2, 0) is 16.0 Å². The number of aliphatic carboxylic acids is 1. The van der Waals surface area contributed by atoms with E-state index in [1.165, 1.54) is 0 Å². The predicted molar refractivity (Wildman–Crippen MR) is 49.5 cm³/mol. The number of carbonyl (C=O) groups excluding carboxylic acids is 2. The molecule has 0 saturated heterocycles. The average molecular weight is 221 g/mol. The number of carboxylic acid groups (broad SMARTS) is 1. The van der Waals surface area contributed by atoms with Crippen LogP contribution in [0.3, 0.4) is 0 Å². The van der Waals surface area contributed by atoms with E-state index in [2.05, 4.69) is 5.32 Å². The van der Waals surface area contributed by atoms with Gasteiger partial charge in [0.25, 0.3) is 0 Å². The average Bonchev–Trinajstić information content (AvgIpc) is 2.31. The fraction of sp³-hybridized carbons (Fsp3) is 0.200. The monoisotopic (exact) mass is 221 g/mol. The maximum Gasteiger partial charge on any atom is 1.00 e. The Kier molecular flexibility index (Phi) is 2.94. The molecule has 1 N–H and O–H groups in total. The Labute approximate surface area is 118 Å². The standard InChI is InChI=1S/C10H11NO3.Na/c1-7(12)11-9-4-2-8(3-5-9)6-10(13)14;/h2-5H,6H2,1H3,(H,11,12)(H,13,14);/q;+1/p-1/i2D,3D,4D,5D,6D2;. The van der Waals surface area contributed by atoms with E-state index in [4.69, 9.17) is 8.22 Å². The molecular formula is C10H10NNaO3. The van der Waals surface area contributed by atoms with Gasteiger partial charge in [0.15, 0.2) is 0 Å². The summed E-state index contributed by atoms with van der Waals surface area (Å²) in [5, 5.41) is 12.9. The number of benzene rings is 1. The van der Waals surface area contributed by atoms with Crippen molar-refractivity contribution in [1.29, 1.82) is 0 Å². The van der Waals surface area contributed by atoms with Crippen LogP contribution in [0.5, 0.6) is 0 Å². The van der Waals surface area contributed by atoms with Crippen LogP contribution in [0.25, 0.3) is 0 Å². The molecular weight excluding hydrogens is 205 g/mol. The number of nitrogens with one attached hydrogen (secondary N) is 1. The first kappa shape index (κ1) is 6.68. The fourth-order valence-corrected chi connectivity index (χ4v) is 0.716. The summed E-state index contributed by atoms with van der Waals surface area (Å²) in [5.41, 5.74) is -1.38. The minimum atomic E-state index is -3.19. The van der Waals surface area contributed by atoms with Gasteiger partial charge in [0.05, 0.1) is 5.48 Å². The summed E-state index contributed by atoms with van der Waals surface area (Å²) in [6.45, 7) is 1.10. The molecule has 0 fully saturated rings. The zero-order valence-corrected chi connectivity index (χ0v) is 10.2. The van der Waals surface area contributed by atoms with Crippen LogP contribution in [0.1, 0.15) is 20.7 Å². The third-order valence-corrected chi connectivity index (χ3v) is 1.15. The van der Waals surface area contributed by atoms with E-state index < -0.39 is 53.7 Å². The minimum Gasteiger partial charge on any atom is -0.550 e. The first-order valence-electron chi connectivity index (χ1n) is 6.61. The molecule has 0 aliphatic rings. The summed E-state index contributed by atoms with van der Waals surface area (Å²) in [5.74, 6) is -2.81. The van der Waals surface area contributed by atoms with Crippen molar-refractivity contribution in [1.82, 2.24) is 0 Å². The number of hydrogen-bond donors (Lipinski definition) is 1. The second-order valence-electron chi connectivity index (χ2n) is 2.34. The molecule has 0 bridgehead atoms. The fourth-order valence-electron chi connectivity index (χ4n) is 0.716. The van der Waals surface area contributed by atoms with Gasteiger partial charge in [-0.05, 0) is 17.6 Å². The SMILES string of the molecule is [2H]c1c([2H])c(C([2H])([2H])C(=O)[O-])c([2H])c([2H])c1NC(C)=O.[Na+]. The summed E-state index contributed by atoms with van der Waals surface area (Å²) < 4.78 is 45.0. The Bertz CT molecular complexity index is 578. The molecule has 0 unspecified atom stereocenters. The maximum atomic E-state index is 11.0. The molecule has 0 radical (unpaired) electrons. The first-order chi connectivity index (χ1) is 9.01. The molecule has 1 rings (SSSR count). The molecule has 1 aromatic carbocycles. The van der Waals surface area contributed by atoms with Crippen molar-refractivity contribution in [3.8, 4) is 0 Å². The van der Waals surface area contributed by atoms with Gasteiger partial charge in [0.1, 0.15) is 0 Å². The van der Waals surface area contributed by atoms with Crippen LogP contribution in [0, 0.1) is 0 Å². The number of rotatable bonds is 3. The number of carbonyl (C=O) groups is 2. The Morgan fingerprint density at radius 2 is 2.00 bits per heavy atom. The summed E-state index contributed by atoms with van der Waals surface area (Å²) in [4.78, 5) is 21.7. The van der Waals surface area contributed by atoms with Gasteiger partial charge in [0.2, 0.25) is 5.91 Å². The molecule has 1 aromatic rings. The van der Waals surface area contributed by atoms with Gasteiger partial charge in [-0.15, -0.1) is 0 Å². The van der Waals surface area contributed by atoms with Gasteiger partial charge in [-0.25, -0.2) is 0 Å². The maximum absolute atomic E-state index is 11.0. The molecule has 0 aliphatic carbocycles. The Balaban J connectivity index is 0.00000400. The third kappa shape index (κ3) is 5.57. The number of carboxylic acids is 1. The van der Waals surface area contributed by atoms with Crippen molar-refractivity contribution in [2.24, 2.45) is 0 Å². The summed E-state index contributed by atoms with van der Waals surface area (Å²) in [7, 11) is 0. The normalized spacial score (nSPS) is 15.5. The third-order valence-electron chi connectivity index (χ3n) is 1.15. The van der Waals surface area contributed by atoms with Gasteiger partial charge >= 0.3 is 29.6 Å². The van der Waals surface area contributed by atoms with Crippen molar-refractivity contribution in [3.05, 3.63) is 29.7 Å². The zero-order chi connectivity index (χ0) is 15.8. The molecule has 0 atom stereocenters. The van der Waals surface area contributed by atoms with Crippen LogP contribution in [0.2, 0.25) is 0 Å². The Morgan fingerprint density at radius 1 is 1.47 bits per heavy atom. The first-order valence-corrected chi connectivity index (χ1v) is 3.61. The van der Waals surface area contributed by atoms with E-state index in [1.54, 1.807) is 0 Å². The minimum absolute atomic E-state index is 0. The van der Waals surface area contributed by atoms with E-state index in [1.807, 2.05) is 0 Å². The topological polar surface area (TPSA) is 69.2 Å². The quantitative estimate of drug-likeness (QED) is 0.551. The summed E-state index contributed by atoms with van der Waals surface area (Å²) in [6.07, 6.45) is -3.19. The molecule has 74 valence electrons. The zero-order valence-electron chi connectivity index (χ0n) is 14.2. The molecule has 0 saturated carbocycles. The van der Waals surface area contributed by atoms with Crippen molar-refractivity contribution < 1.29 is 52.5 Å². The Hall–Kier alpha value is -0.840. The summed E-state index contributed by atoms with van der Waals surface area (Å²) >= 11 is 0. The Morgan fingerprint density at radius 3 is 2.40 bits per heavy atom. The molecule has 0 aromatic heterocycles. The van der Waals surface area contributed by atoms with Crippen LogP contribution >= 0.6 is 0 Å². The summed E-state index contributed by atoms with van der Waals surface area (Å²) in [6, 6.07) is -3.24. The number of hydrogen-bond acceptors (Lipinski definition) is 3. The van der Waals surface area contributed by atoms with Crippen LogP contribution in [-0.4, -0.2) is 11.9 Å². The van der Waals surface area contributed by atoms with E-state index in [0.717, 1.165) is 6.92 Å². The van der Waals surface area contributed by atoms with Gasteiger partial charge in [0, 0.05) is 27.7 Å². The van der Waals surface area contributed by atoms with Crippen molar-refractivity contribution >= 4 is 17.6 Å². The number of anilines is 1. The van der Waals surface area contributed by atoms with E-state index >= 15 is 0 Å². The number of amides is 1. The van der Waals surface area contributed by atoms with E-state index in [0.29, 0.717) is 0 Å². The van der Waals surface area contributed by atoms with Crippen molar-refractivity contribution in [2.75, 3.05) is 5.32 Å². The smallest absolute Gasteiger partial charge is 0.550 e. The van der Waals surface area contributed by atoms with E-state index in [-0.39, 0.29) is 29.6 Å². The van der Waals surface area contributed by atoms with Gasteiger partial charge in [-0.3, -0.25) is 4.79 Å². The van der Waals surface area contributed by atoms with Gasteiger partial charge < -0.3 is 15.2 Å².